The van der Waals surface area contributed by atoms with Gasteiger partial charge < -0.3 is 4.57 Å². The number of para-hydroxylation sites is 1. The standard InChI is InChI=1S/C45H28N4S/c1-4-13-29(14-5-1)32-23-25-39-36(27-32)34-19-10-11-21-38(34)49(39)33-24-26-40-37(28-33)42-35(20-12-22-41(42)50-40)45-47-43(30-15-6-2-7-16-30)46-44(48-45)31-17-8-3-9-18-31/h1-28H. The summed E-state index contributed by atoms with van der Waals surface area (Å²) < 4.78 is 4.82. The molecular weight excluding hydrogens is 629 g/mol. The number of thiophene rings is 1. The van der Waals surface area contributed by atoms with Crippen LogP contribution >= 0.6 is 11.3 Å². The second-order valence-electron chi connectivity index (χ2n) is 12.5. The van der Waals surface area contributed by atoms with E-state index in [1.165, 1.54) is 47.7 Å². The molecule has 7 aromatic carbocycles. The van der Waals surface area contributed by atoms with Gasteiger partial charge in [0.15, 0.2) is 17.5 Å². The zero-order valence-corrected chi connectivity index (χ0v) is 27.7. The molecule has 0 N–H and O–H groups in total. The molecule has 5 heteroatoms. The van der Waals surface area contributed by atoms with Gasteiger partial charge in [0.1, 0.15) is 0 Å². The molecule has 0 saturated carbocycles. The highest BCUT2D eigenvalue weighted by atomic mass is 32.1. The lowest BCUT2D eigenvalue weighted by atomic mass is 10.0. The summed E-state index contributed by atoms with van der Waals surface area (Å²) >= 11 is 1.80. The summed E-state index contributed by atoms with van der Waals surface area (Å²) in [5.74, 6) is 1.98. The summed E-state index contributed by atoms with van der Waals surface area (Å²) in [4.78, 5) is 15.1. The second-order valence-corrected chi connectivity index (χ2v) is 13.5. The van der Waals surface area contributed by atoms with Crippen LogP contribution < -0.4 is 0 Å². The van der Waals surface area contributed by atoms with Crippen molar-refractivity contribution in [2.75, 3.05) is 0 Å². The third-order valence-electron chi connectivity index (χ3n) is 9.46. The first-order valence-electron chi connectivity index (χ1n) is 16.7. The van der Waals surface area contributed by atoms with Crippen LogP contribution in [0.25, 0.3) is 93.0 Å². The van der Waals surface area contributed by atoms with E-state index >= 15 is 0 Å². The Kier molecular flexibility index (Phi) is 6.64. The van der Waals surface area contributed by atoms with Crippen molar-refractivity contribution in [3.05, 3.63) is 170 Å². The number of aromatic nitrogens is 4. The number of rotatable bonds is 5. The highest BCUT2D eigenvalue weighted by molar-refractivity contribution is 7.26. The highest BCUT2D eigenvalue weighted by Gasteiger charge is 2.19. The molecule has 0 unspecified atom stereocenters. The van der Waals surface area contributed by atoms with Crippen LogP contribution in [0.1, 0.15) is 0 Å². The number of hydrogen-bond acceptors (Lipinski definition) is 4. The summed E-state index contributed by atoms with van der Waals surface area (Å²) in [6.07, 6.45) is 0. The van der Waals surface area contributed by atoms with E-state index in [4.69, 9.17) is 15.0 Å². The van der Waals surface area contributed by atoms with Crippen molar-refractivity contribution in [2.45, 2.75) is 0 Å². The maximum Gasteiger partial charge on any atom is 0.164 e. The van der Waals surface area contributed by atoms with Crippen molar-refractivity contribution < 1.29 is 0 Å². The molecule has 4 nitrogen and oxygen atoms in total. The molecule has 10 aromatic rings. The van der Waals surface area contributed by atoms with Crippen LogP contribution in [0, 0.1) is 0 Å². The molecule has 10 rings (SSSR count). The van der Waals surface area contributed by atoms with Crippen LogP contribution in [0.4, 0.5) is 0 Å². The monoisotopic (exact) mass is 656 g/mol. The van der Waals surface area contributed by atoms with E-state index in [1.807, 2.05) is 36.4 Å². The van der Waals surface area contributed by atoms with E-state index < -0.39 is 0 Å². The molecule has 0 amide bonds. The zero-order chi connectivity index (χ0) is 33.0. The molecule has 234 valence electrons. The van der Waals surface area contributed by atoms with Crippen LogP contribution in [-0.2, 0) is 0 Å². The fourth-order valence-electron chi connectivity index (χ4n) is 7.13. The van der Waals surface area contributed by atoms with E-state index in [0.717, 1.165) is 27.8 Å². The maximum absolute atomic E-state index is 5.10. The largest absolute Gasteiger partial charge is 0.309 e. The van der Waals surface area contributed by atoms with E-state index in [1.54, 1.807) is 11.3 Å². The molecular formula is C45H28N4S. The van der Waals surface area contributed by atoms with E-state index in [2.05, 4.69) is 138 Å². The van der Waals surface area contributed by atoms with Crippen molar-refractivity contribution >= 4 is 53.3 Å². The Balaban J connectivity index is 1.20. The summed E-state index contributed by atoms with van der Waals surface area (Å²) in [6.45, 7) is 0. The Hall–Kier alpha value is -6.43. The molecule has 0 bridgehead atoms. The minimum Gasteiger partial charge on any atom is -0.309 e. The molecule has 0 aliphatic rings. The number of fused-ring (bicyclic) bond motifs is 6. The van der Waals surface area contributed by atoms with Gasteiger partial charge in [0.2, 0.25) is 0 Å². The molecule has 0 saturated heterocycles. The van der Waals surface area contributed by atoms with Crippen LogP contribution in [-0.4, -0.2) is 19.5 Å². The van der Waals surface area contributed by atoms with Gasteiger partial charge in [-0.05, 0) is 53.6 Å². The van der Waals surface area contributed by atoms with Crippen LogP contribution in [0.15, 0.2) is 170 Å². The Morgan fingerprint density at radius 1 is 0.380 bits per heavy atom. The molecule has 50 heavy (non-hydrogen) atoms. The van der Waals surface area contributed by atoms with Gasteiger partial charge in [0.05, 0.1) is 11.0 Å². The lowest BCUT2D eigenvalue weighted by Crippen LogP contribution is -2.00. The van der Waals surface area contributed by atoms with Gasteiger partial charge in [-0.2, -0.15) is 0 Å². The maximum atomic E-state index is 5.10. The second kappa shape index (κ2) is 11.6. The van der Waals surface area contributed by atoms with Gasteiger partial charge in [0, 0.05) is 53.3 Å². The normalized spacial score (nSPS) is 11.6. The molecule has 0 atom stereocenters. The fourth-order valence-corrected chi connectivity index (χ4v) is 8.24. The Morgan fingerprint density at radius 3 is 1.72 bits per heavy atom. The highest BCUT2D eigenvalue weighted by Crippen LogP contribution is 2.42. The van der Waals surface area contributed by atoms with Crippen LogP contribution in [0.3, 0.4) is 0 Å². The molecule has 0 spiro atoms. The summed E-state index contributed by atoms with van der Waals surface area (Å²) in [6, 6.07) is 59.8. The molecule has 0 aliphatic carbocycles. The summed E-state index contributed by atoms with van der Waals surface area (Å²) in [5.41, 5.74) is 8.83. The third kappa shape index (κ3) is 4.71. The molecule has 0 fully saturated rings. The Morgan fingerprint density at radius 2 is 1.00 bits per heavy atom. The number of nitrogens with zero attached hydrogens (tertiary/aromatic N) is 4. The first kappa shape index (κ1) is 28.6. The van der Waals surface area contributed by atoms with E-state index in [9.17, 15) is 0 Å². The topological polar surface area (TPSA) is 43.6 Å². The lowest BCUT2D eigenvalue weighted by Gasteiger charge is -2.11. The quantitative estimate of drug-likeness (QED) is 0.185. The predicted molar refractivity (Wildman–Crippen MR) is 209 cm³/mol. The average molecular weight is 657 g/mol. The molecule has 0 radical (unpaired) electrons. The van der Waals surface area contributed by atoms with Crippen molar-refractivity contribution in [1.82, 2.24) is 19.5 Å². The number of hydrogen-bond donors (Lipinski definition) is 0. The lowest BCUT2D eigenvalue weighted by molar-refractivity contribution is 1.08. The molecule has 0 aliphatic heterocycles. The number of benzene rings is 7. The Labute approximate surface area is 292 Å². The zero-order valence-electron chi connectivity index (χ0n) is 26.9. The predicted octanol–water partition coefficient (Wildman–Crippen LogP) is 12.0. The van der Waals surface area contributed by atoms with Gasteiger partial charge in [-0.3, -0.25) is 0 Å². The van der Waals surface area contributed by atoms with Crippen molar-refractivity contribution in [2.24, 2.45) is 0 Å². The van der Waals surface area contributed by atoms with E-state index in [-0.39, 0.29) is 0 Å². The molecule has 3 heterocycles. The first-order chi connectivity index (χ1) is 24.8. The minimum atomic E-state index is 0.659. The van der Waals surface area contributed by atoms with Gasteiger partial charge in [-0.15, -0.1) is 11.3 Å². The van der Waals surface area contributed by atoms with Crippen molar-refractivity contribution in [1.29, 1.82) is 0 Å². The average Bonchev–Trinajstić information content (AvgIpc) is 3.74. The van der Waals surface area contributed by atoms with Crippen LogP contribution in [0.5, 0.6) is 0 Å². The van der Waals surface area contributed by atoms with Crippen molar-refractivity contribution in [3.8, 4) is 51.0 Å². The van der Waals surface area contributed by atoms with Crippen LogP contribution in [0.2, 0.25) is 0 Å². The molecule has 3 aromatic heterocycles. The summed E-state index contributed by atoms with van der Waals surface area (Å²) in [5, 5.41) is 4.83. The van der Waals surface area contributed by atoms with Gasteiger partial charge in [-0.1, -0.05) is 127 Å². The smallest absolute Gasteiger partial charge is 0.164 e. The minimum absolute atomic E-state index is 0.659. The van der Waals surface area contributed by atoms with E-state index in [0.29, 0.717) is 17.5 Å². The Bertz CT molecular complexity index is 2800. The fraction of sp³-hybridized carbons (Fsp3) is 0. The summed E-state index contributed by atoms with van der Waals surface area (Å²) in [7, 11) is 0. The van der Waals surface area contributed by atoms with Gasteiger partial charge in [-0.25, -0.2) is 15.0 Å². The van der Waals surface area contributed by atoms with Crippen molar-refractivity contribution in [3.63, 3.8) is 0 Å². The van der Waals surface area contributed by atoms with Gasteiger partial charge >= 0.3 is 0 Å². The SMILES string of the molecule is c1ccc(-c2ccc3c(c2)c2ccccc2n3-c2ccc3sc4cccc(-c5nc(-c6ccccc6)nc(-c6ccccc6)n5)c4c3c2)cc1. The third-order valence-corrected chi connectivity index (χ3v) is 10.6. The van der Waals surface area contributed by atoms with Gasteiger partial charge in [0.25, 0.3) is 0 Å². The first-order valence-corrected chi connectivity index (χ1v) is 17.5.